The summed E-state index contributed by atoms with van der Waals surface area (Å²) >= 11 is 0. The number of nitrogens with zero attached hydrogens (tertiary/aromatic N) is 1. The van der Waals surface area contributed by atoms with E-state index in [1.807, 2.05) is 12.1 Å². The van der Waals surface area contributed by atoms with E-state index in [1.165, 1.54) is 0 Å². The molecule has 0 spiro atoms. The van der Waals surface area contributed by atoms with Crippen LogP contribution in [-0.2, 0) is 0 Å². The molecular weight excluding hydrogens is 204 g/mol. The van der Waals surface area contributed by atoms with Crippen molar-refractivity contribution in [1.29, 1.82) is 0 Å². The van der Waals surface area contributed by atoms with Gasteiger partial charge in [0.25, 0.3) is 0 Å². The lowest BCUT2D eigenvalue weighted by Gasteiger charge is -2.22. The van der Waals surface area contributed by atoms with Crippen LogP contribution in [0, 0.1) is 0 Å². The van der Waals surface area contributed by atoms with Crippen LogP contribution in [0.5, 0.6) is 5.88 Å². The lowest BCUT2D eigenvalue weighted by molar-refractivity contribution is 0.0977. The smallest absolute Gasteiger partial charge is 0.213 e. The van der Waals surface area contributed by atoms with Crippen molar-refractivity contribution < 1.29 is 9.84 Å². The monoisotopic (exact) mass is 224 g/mol. The minimum absolute atomic E-state index is 0.00593. The molecule has 0 fully saturated rings. The van der Waals surface area contributed by atoms with Gasteiger partial charge in [-0.3, -0.25) is 0 Å². The maximum atomic E-state index is 9.66. The average molecular weight is 224 g/mol. The number of hydrogen-bond acceptors (Lipinski definition) is 4. The van der Waals surface area contributed by atoms with Gasteiger partial charge in [0.05, 0.1) is 0 Å². The summed E-state index contributed by atoms with van der Waals surface area (Å²) in [4.78, 5) is 4.01. The van der Waals surface area contributed by atoms with Crippen molar-refractivity contribution in [1.82, 2.24) is 10.3 Å². The van der Waals surface area contributed by atoms with Crippen LogP contribution in [0.1, 0.15) is 20.8 Å². The lowest BCUT2D eigenvalue weighted by Crippen LogP contribution is -2.42. The molecular formula is C12H20N2O2. The highest BCUT2D eigenvalue weighted by molar-refractivity contribution is 5.09. The van der Waals surface area contributed by atoms with Gasteiger partial charge in [-0.05, 0) is 26.8 Å². The Morgan fingerprint density at radius 3 is 2.75 bits per heavy atom. The highest BCUT2D eigenvalue weighted by atomic mass is 16.5. The third-order valence-electron chi connectivity index (χ3n) is 1.93. The van der Waals surface area contributed by atoms with Crippen molar-refractivity contribution in [3.05, 3.63) is 24.4 Å². The molecule has 1 aromatic heterocycles. The van der Waals surface area contributed by atoms with E-state index in [-0.39, 0.29) is 12.1 Å². The minimum Gasteiger partial charge on any atom is -0.475 e. The second kappa shape index (κ2) is 5.82. The molecule has 4 nitrogen and oxygen atoms in total. The van der Waals surface area contributed by atoms with Crippen LogP contribution in [0.25, 0.3) is 0 Å². The van der Waals surface area contributed by atoms with Gasteiger partial charge in [-0.25, -0.2) is 4.98 Å². The van der Waals surface area contributed by atoms with Crippen molar-refractivity contribution in [2.75, 3.05) is 13.2 Å². The summed E-state index contributed by atoms with van der Waals surface area (Å²) in [6, 6.07) is 5.44. The average Bonchev–Trinajstić information content (AvgIpc) is 2.24. The molecule has 0 aliphatic heterocycles. The summed E-state index contributed by atoms with van der Waals surface area (Å²) in [5.74, 6) is 0.539. The Bertz CT molecular complexity index is 296. The van der Waals surface area contributed by atoms with Gasteiger partial charge in [0.1, 0.15) is 12.7 Å². The third kappa shape index (κ3) is 5.68. The molecule has 90 valence electrons. The topological polar surface area (TPSA) is 54.4 Å². The second-order valence-electron chi connectivity index (χ2n) is 4.76. The van der Waals surface area contributed by atoms with Gasteiger partial charge in [0.15, 0.2) is 0 Å². The van der Waals surface area contributed by atoms with Gasteiger partial charge in [-0.15, -0.1) is 0 Å². The van der Waals surface area contributed by atoms with E-state index in [9.17, 15) is 5.11 Å². The van der Waals surface area contributed by atoms with Gasteiger partial charge in [0, 0.05) is 24.3 Å². The van der Waals surface area contributed by atoms with Crippen molar-refractivity contribution >= 4 is 0 Å². The number of aliphatic hydroxyl groups is 1. The Balaban J connectivity index is 2.23. The number of β-amino-alcohol motifs (C(OH)–C–C–N with tert-alkyl or cyclic N) is 1. The molecule has 0 aliphatic rings. The Labute approximate surface area is 96.7 Å². The quantitative estimate of drug-likeness (QED) is 0.789. The number of rotatable bonds is 5. The van der Waals surface area contributed by atoms with Crippen LogP contribution in [0.3, 0.4) is 0 Å². The summed E-state index contributed by atoms with van der Waals surface area (Å²) in [6.45, 7) is 6.93. The summed E-state index contributed by atoms with van der Waals surface area (Å²) in [5, 5.41) is 12.9. The van der Waals surface area contributed by atoms with Crippen molar-refractivity contribution in [2.24, 2.45) is 0 Å². The molecule has 1 aromatic rings. The largest absolute Gasteiger partial charge is 0.475 e. The maximum Gasteiger partial charge on any atom is 0.213 e. The SMILES string of the molecule is CC(C)(C)NCC(O)COc1ccccn1. The molecule has 0 bridgehead atoms. The Hall–Kier alpha value is -1.13. The molecule has 2 N–H and O–H groups in total. The zero-order chi connectivity index (χ0) is 12.0. The van der Waals surface area contributed by atoms with E-state index >= 15 is 0 Å². The van der Waals surface area contributed by atoms with Gasteiger partial charge in [0.2, 0.25) is 5.88 Å². The second-order valence-corrected chi connectivity index (χ2v) is 4.76. The van der Waals surface area contributed by atoms with E-state index in [2.05, 4.69) is 31.1 Å². The molecule has 16 heavy (non-hydrogen) atoms. The maximum absolute atomic E-state index is 9.66. The van der Waals surface area contributed by atoms with Crippen molar-refractivity contribution in [2.45, 2.75) is 32.4 Å². The zero-order valence-electron chi connectivity index (χ0n) is 10.1. The summed E-state index contributed by atoms with van der Waals surface area (Å²) in [6.07, 6.45) is 1.14. The molecule has 1 heterocycles. The molecule has 0 aromatic carbocycles. The Kier molecular flexibility index (Phi) is 4.71. The van der Waals surface area contributed by atoms with E-state index in [0.717, 1.165) is 0 Å². The Morgan fingerprint density at radius 1 is 1.44 bits per heavy atom. The van der Waals surface area contributed by atoms with Crippen LogP contribution in [-0.4, -0.2) is 34.9 Å². The van der Waals surface area contributed by atoms with E-state index < -0.39 is 6.10 Å². The fourth-order valence-corrected chi connectivity index (χ4v) is 1.10. The number of aromatic nitrogens is 1. The summed E-state index contributed by atoms with van der Waals surface area (Å²) in [5.41, 5.74) is 0.00593. The van der Waals surface area contributed by atoms with Crippen molar-refractivity contribution in [3.8, 4) is 5.88 Å². The van der Waals surface area contributed by atoms with E-state index in [0.29, 0.717) is 12.4 Å². The van der Waals surface area contributed by atoms with Crippen LogP contribution < -0.4 is 10.1 Å². The molecule has 0 saturated carbocycles. The zero-order valence-corrected chi connectivity index (χ0v) is 10.1. The molecule has 4 heteroatoms. The van der Waals surface area contributed by atoms with Gasteiger partial charge in [-0.2, -0.15) is 0 Å². The standard InChI is InChI=1S/C12H20N2O2/c1-12(2,3)14-8-10(15)9-16-11-6-4-5-7-13-11/h4-7,10,14-15H,8-9H2,1-3H3. The number of nitrogens with one attached hydrogen (secondary N) is 1. The summed E-state index contributed by atoms with van der Waals surface area (Å²) in [7, 11) is 0. The predicted molar refractivity (Wildman–Crippen MR) is 63.5 cm³/mol. The molecule has 1 rings (SSSR count). The van der Waals surface area contributed by atoms with Crippen LogP contribution in [0.15, 0.2) is 24.4 Å². The van der Waals surface area contributed by atoms with Crippen molar-refractivity contribution in [3.63, 3.8) is 0 Å². The molecule has 1 atom stereocenters. The van der Waals surface area contributed by atoms with E-state index in [1.54, 1.807) is 12.3 Å². The first-order valence-electron chi connectivity index (χ1n) is 5.44. The first kappa shape index (κ1) is 12.9. The van der Waals surface area contributed by atoms with Gasteiger partial charge in [-0.1, -0.05) is 6.07 Å². The number of hydrogen-bond donors (Lipinski definition) is 2. The van der Waals surface area contributed by atoms with Gasteiger partial charge >= 0.3 is 0 Å². The predicted octanol–water partition coefficient (Wildman–Crippen LogP) is 1.21. The highest BCUT2D eigenvalue weighted by Crippen LogP contribution is 2.04. The first-order chi connectivity index (χ1) is 7.47. The van der Waals surface area contributed by atoms with E-state index in [4.69, 9.17) is 4.74 Å². The number of aliphatic hydroxyl groups excluding tert-OH is 1. The molecule has 1 unspecified atom stereocenters. The Morgan fingerprint density at radius 2 is 2.19 bits per heavy atom. The normalized spacial score (nSPS) is 13.5. The van der Waals surface area contributed by atoms with Crippen LogP contribution >= 0.6 is 0 Å². The third-order valence-corrected chi connectivity index (χ3v) is 1.93. The first-order valence-corrected chi connectivity index (χ1v) is 5.44. The molecule has 0 amide bonds. The number of pyridine rings is 1. The lowest BCUT2D eigenvalue weighted by atomic mass is 10.1. The minimum atomic E-state index is -0.527. The van der Waals surface area contributed by atoms with Crippen LogP contribution in [0.4, 0.5) is 0 Å². The number of ether oxygens (including phenoxy) is 1. The van der Waals surface area contributed by atoms with Gasteiger partial charge < -0.3 is 15.2 Å². The fraction of sp³-hybridized carbons (Fsp3) is 0.583. The highest BCUT2D eigenvalue weighted by Gasteiger charge is 2.12. The summed E-state index contributed by atoms with van der Waals surface area (Å²) < 4.78 is 5.33. The molecule has 0 aliphatic carbocycles. The molecule has 0 radical (unpaired) electrons. The molecule has 0 saturated heterocycles. The van der Waals surface area contributed by atoms with Crippen LogP contribution in [0.2, 0.25) is 0 Å². The fourth-order valence-electron chi connectivity index (χ4n) is 1.10.